The predicted octanol–water partition coefficient (Wildman–Crippen LogP) is 2.42. The maximum Gasteiger partial charge on any atom is 0.415 e. The molecule has 1 saturated heterocycles. The van der Waals surface area contributed by atoms with Crippen LogP contribution in [0.1, 0.15) is 44.9 Å². The van der Waals surface area contributed by atoms with Crippen LogP contribution in [-0.2, 0) is 47.5 Å². The number of rotatable bonds is 9. The van der Waals surface area contributed by atoms with E-state index in [4.69, 9.17) is 24.2 Å². The highest BCUT2D eigenvalue weighted by Gasteiger charge is 2.64. The van der Waals surface area contributed by atoms with E-state index in [1.54, 1.807) is 0 Å². The van der Waals surface area contributed by atoms with Gasteiger partial charge in [0.15, 0.2) is 6.61 Å². The van der Waals surface area contributed by atoms with E-state index in [2.05, 4.69) is 9.37 Å². The Balaban J connectivity index is 1.04. The van der Waals surface area contributed by atoms with Gasteiger partial charge in [0.05, 0.1) is 11.3 Å². The molecule has 0 aromatic heterocycles. The van der Waals surface area contributed by atoms with Crippen molar-refractivity contribution in [1.82, 2.24) is 0 Å². The van der Waals surface area contributed by atoms with Crippen LogP contribution in [0.4, 0.5) is 8.78 Å². The maximum atomic E-state index is 13.9. The molecule has 1 aliphatic heterocycles. The van der Waals surface area contributed by atoms with E-state index in [9.17, 15) is 28.0 Å². The minimum absolute atomic E-state index is 0.0717. The Morgan fingerprint density at radius 2 is 1.76 bits per heavy atom. The van der Waals surface area contributed by atoms with E-state index >= 15 is 0 Å². The van der Waals surface area contributed by atoms with Crippen LogP contribution in [0.2, 0.25) is 0 Å². The van der Waals surface area contributed by atoms with Gasteiger partial charge in [-0.05, 0) is 62.7 Å². The van der Waals surface area contributed by atoms with Gasteiger partial charge in [0.1, 0.15) is 30.4 Å². The van der Waals surface area contributed by atoms with Crippen LogP contribution in [0.25, 0.3) is 0 Å². The topological polar surface area (TPSA) is 144 Å². The SMILES string of the molecule is O=C(COC(=O)C12CC3CC(C1)C(OC(=O)C(F)(F)SOOO)C(C3)C2)OC1C2CC3C(=O)OC1C3C2. The van der Waals surface area contributed by atoms with Crippen molar-refractivity contribution < 1.29 is 61.5 Å². The number of ether oxygens (including phenoxy) is 4. The second kappa shape index (κ2) is 9.02. The van der Waals surface area contributed by atoms with Gasteiger partial charge in [-0.25, -0.2) is 14.8 Å². The third kappa shape index (κ3) is 4.20. The molecule has 37 heavy (non-hydrogen) atoms. The van der Waals surface area contributed by atoms with Crippen LogP contribution in [0.15, 0.2) is 0 Å². The van der Waals surface area contributed by atoms with Gasteiger partial charge in [-0.3, -0.25) is 9.59 Å². The van der Waals surface area contributed by atoms with Gasteiger partial charge in [-0.15, -0.1) is 4.33 Å². The number of carbonyl (C=O) groups excluding carboxylic acids is 4. The summed E-state index contributed by atoms with van der Waals surface area (Å²) in [6.07, 6.45) is 2.12. The third-order valence-electron chi connectivity index (χ3n) is 9.27. The fraction of sp³-hybridized carbons (Fsp3) is 0.826. The van der Waals surface area contributed by atoms with Crippen LogP contribution in [0.5, 0.6) is 0 Å². The average Bonchev–Trinajstić information content (AvgIpc) is 3.48. The molecule has 0 radical (unpaired) electrons. The second-order valence-electron chi connectivity index (χ2n) is 11.3. The molecular formula is C23H26F2O11S. The zero-order valence-corrected chi connectivity index (χ0v) is 20.4. The molecule has 7 unspecified atom stereocenters. The summed E-state index contributed by atoms with van der Waals surface area (Å²) in [4.78, 5) is 49.6. The zero-order chi connectivity index (χ0) is 26.1. The van der Waals surface area contributed by atoms with Crippen molar-refractivity contribution in [2.45, 2.75) is 68.5 Å². The minimum atomic E-state index is -4.09. The molecule has 0 spiro atoms. The molecule has 14 heteroatoms. The standard InChI is InChI=1S/C23H26F2O11S/c24-23(25,37-36-35-30)21(29)34-16-11-1-9-2-12(16)7-22(5-9,6-11)20(28)31-8-15(26)32-17-10-3-13-14(4-10)19(27)33-18(13)17/h9-14,16-18,30H,1-8H2. The predicted molar refractivity (Wildman–Crippen MR) is 114 cm³/mol. The molecule has 6 bridgehead atoms. The van der Waals surface area contributed by atoms with Crippen molar-refractivity contribution in [2.75, 3.05) is 6.61 Å². The van der Waals surface area contributed by atoms with Gasteiger partial charge in [-0.1, -0.05) is 5.04 Å². The molecule has 204 valence electrons. The van der Waals surface area contributed by atoms with Gasteiger partial charge >= 0.3 is 29.1 Å². The number of hydrogen-bond acceptors (Lipinski definition) is 12. The lowest BCUT2D eigenvalue weighted by atomic mass is 9.48. The summed E-state index contributed by atoms with van der Waals surface area (Å²) in [5.41, 5.74) is -0.870. The van der Waals surface area contributed by atoms with Crippen LogP contribution in [-0.4, -0.2) is 59.3 Å². The lowest BCUT2D eigenvalue weighted by molar-refractivity contribution is -0.433. The first-order valence-corrected chi connectivity index (χ1v) is 13.2. The molecule has 6 saturated carbocycles. The molecule has 0 aromatic carbocycles. The Kier molecular flexibility index (Phi) is 6.16. The highest BCUT2D eigenvalue weighted by molar-refractivity contribution is 7.96. The maximum absolute atomic E-state index is 13.9. The number of hydrogen-bond donors (Lipinski definition) is 1. The monoisotopic (exact) mass is 548 g/mol. The molecule has 11 nitrogen and oxygen atoms in total. The number of carbonyl (C=O) groups is 4. The van der Waals surface area contributed by atoms with Gasteiger partial charge in [-0.2, -0.15) is 8.78 Å². The molecule has 0 aromatic rings. The number of halogens is 2. The summed E-state index contributed by atoms with van der Waals surface area (Å²) < 4.78 is 53.0. The van der Waals surface area contributed by atoms with Gasteiger partial charge < -0.3 is 18.9 Å². The van der Waals surface area contributed by atoms with E-state index in [1.807, 2.05) is 0 Å². The molecule has 1 heterocycles. The van der Waals surface area contributed by atoms with E-state index in [0.29, 0.717) is 38.5 Å². The van der Waals surface area contributed by atoms with Crippen molar-refractivity contribution in [3.63, 3.8) is 0 Å². The molecule has 7 fully saturated rings. The lowest BCUT2D eigenvalue weighted by Crippen LogP contribution is -2.58. The number of alkyl halides is 2. The molecular weight excluding hydrogens is 522 g/mol. The van der Waals surface area contributed by atoms with E-state index < -0.39 is 65.5 Å². The number of esters is 4. The molecule has 7 atom stereocenters. The second-order valence-corrected chi connectivity index (χ2v) is 12.1. The average molecular weight is 549 g/mol. The fourth-order valence-corrected chi connectivity index (χ4v) is 8.46. The summed E-state index contributed by atoms with van der Waals surface area (Å²) in [5.74, 6) is -3.67. The van der Waals surface area contributed by atoms with E-state index in [1.165, 1.54) is 0 Å². The van der Waals surface area contributed by atoms with Crippen molar-refractivity contribution in [3.05, 3.63) is 0 Å². The van der Waals surface area contributed by atoms with E-state index in [0.717, 1.165) is 6.42 Å². The highest BCUT2D eigenvalue weighted by Crippen LogP contribution is 2.61. The van der Waals surface area contributed by atoms with Crippen LogP contribution < -0.4 is 0 Å². The Morgan fingerprint density at radius 3 is 2.46 bits per heavy atom. The summed E-state index contributed by atoms with van der Waals surface area (Å²) in [6.45, 7) is -0.562. The third-order valence-corrected chi connectivity index (χ3v) is 9.78. The van der Waals surface area contributed by atoms with Gasteiger partial charge in [0.25, 0.3) is 0 Å². The zero-order valence-electron chi connectivity index (χ0n) is 19.5. The van der Waals surface area contributed by atoms with Crippen molar-refractivity contribution in [3.8, 4) is 0 Å². The summed E-state index contributed by atoms with van der Waals surface area (Å²) in [5, 5.41) is 7.10. The smallest absolute Gasteiger partial charge is 0.415 e. The van der Waals surface area contributed by atoms with Crippen LogP contribution in [0, 0.1) is 40.9 Å². The Bertz CT molecular complexity index is 991. The quantitative estimate of drug-likeness (QED) is 0.149. The minimum Gasteiger partial charge on any atom is -0.458 e. The number of fused-ring (bicyclic) bond motifs is 1. The van der Waals surface area contributed by atoms with Gasteiger partial charge in [0, 0.05) is 11.8 Å². The highest BCUT2D eigenvalue weighted by atomic mass is 32.2. The normalized spacial score (nSPS) is 42.6. The summed E-state index contributed by atoms with van der Waals surface area (Å²) in [6, 6.07) is 0. The van der Waals surface area contributed by atoms with E-state index in [-0.39, 0.29) is 41.5 Å². The Labute approximate surface area is 213 Å². The molecule has 7 rings (SSSR count). The van der Waals surface area contributed by atoms with Crippen molar-refractivity contribution in [2.24, 2.45) is 40.9 Å². The van der Waals surface area contributed by atoms with Crippen LogP contribution >= 0.6 is 12.0 Å². The largest absolute Gasteiger partial charge is 0.458 e. The Morgan fingerprint density at radius 1 is 1.03 bits per heavy atom. The Hall–Kier alpha value is -2.03. The molecule has 7 aliphatic rings. The van der Waals surface area contributed by atoms with Crippen molar-refractivity contribution in [1.29, 1.82) is 0 Å². The first-order chi connectivity index (χ1) is 17.6. The first kappa shape index (κ1) is 25.3. The molecule has 0 amide bonds. The fourth-order valence-electron chi connectivity index (χ4n) is 8.23. The molecule has 6 aliphatic carbocycles. The first-order valence-electron chi connectivity index (χ1n) is 12.4. The van der Waals surface area contributed by atoms with Crippen molar-refractivity contribution >= 4 is 35.9 Å². The lowest BCUT2D eigenvalue weighted by Gasteiger charge is -2.57. The summed E-state index contributed by atoms with van der Waals surface area (Å²) >= 11 is -0.677. The van der Waals surface area contributed by atoms with Crippen LogP contribution in [0.3, 0.4) is 0 Å². The van der Waals surface area contributed by atoms with Gasteiger partial charge in [0.2, 0.25) is 0 Å². The molecule has 1 N–H and O–H groups in total. The summed E-state index contributed by atoms with van der Waals surface area (Å²) in [7, 11) is 0.